The first-order chi connectivity index (χ1) is 21.1. The van der Waals surface area contributed by atoms with E-state index in [1.165, 1.54) is 0 Å². The minimum atomic E-state index is -0.542. The maximum absolute atomic E-state index is 12.6. The van der Waals surface area contributed by atoms with Crippen molar-refractivity contribution in [3.63, 3.8) is 0 Å². The molecule has 0 bridgehead atoms. The van der Waals surface area contributed by atoms with Crippen molar-refractivity contribution in [1.82, 2.24) is 26.2 Å². The summed E-state index contributed by atoms with van der Waals surface area (Å²) in [5, 5.41) is 13.9. The Morgan fingerprint density at radius 3 is 2.11 bits per heavy atom. The van der Waals surface area contributed by atoms with Gasteiger partial charge in [-0.15, -0.1) is 0 Å². The van der Waals surface area contributed by atoms with E-state index in [-0.39, 0.29) is 42.5 Å². The fourth-order valence-corrected chi connectivity index (χ4v) is 7.30. The first kappa shape index (κ1) is 35.1. The Hall–Kier alpha value is -1.79. The molecule has 11 nitrogen and oxygen atoms in total. The molecule has 0 atom stereocenters. The number of rotatable bonds is 12. The lowest BCUT2D eigenvalue weighted by molar-refractivity contribution is -0.155. The van der Waals surface area contributed by atoms with Gasteiger partial charge < -0.3 is 24.4 Å². The number of carbonyl (C=O) groups is 3. The molecular formula is C33H59N5O6. The molecular weight excluding hydrogens is 562 g/mol. The molecule has 2 aliphatic heterocycles. The van der Waals surface area contributed by atoms with Gasteiger partial charge in [0.15, 0.2) is 0 Å². The molecule has 44 heavy (non-hydrogen) atoms. The first-order valence-electron chi connectivity index (χ1n) is 17.3. The highest BCUT2D eigenvalue weighted by Crippen LogP contribution is 2.34. The summed E-state index contributed by atoms with van der Waals surface area (Å²) in [6, 6.07) is 0.493. The van der Waals surface area contributed by atoms with Gasteiger partial charge in [-0.25, -0.2) is 0 Å². The van der Waals surface area contributed by atoms with Crippen LogP contribution in [0.3, 0.4) is 0 Å². The summed E-state index contributed by atoms with van der Waals surface area (Å²) in [4.78, 5) is 38.9. The van der Waals surface area contributed by atoms with E-state index in [0.717, 1.165) is 104 Å². The zero-order chi connectivity index (χ0) is 31.5. The van der Waals surface area contributed by atoms with Crippen molar-refractivity contribution >= 4 is 17.8 Å². The second-order valence-electron chi connectivity index (χ2n) is 14.3. The lowest BCUT2D eigenvalue weighted by Crippen LogP contribution is -2.63. The molecule has 1 amide bonds. The number of esters is 2. The molecule has 11 heteroatoms. The van der Waals surface area contributed by atoms with Gasteiger partial charge in [0.05, 0.1) is 25.2 Å². The Morgan fingerprint density at radius 1 is 0.841 bits per heavy atom. The number of nitrogens with zero attached hydrogens (tertiary/aromatic N) is 1. The number of amides is 1. The molecule has 0 aromatic rings. The van der Waals surface area contributed by atoms with E-state index < -0.39 is 5.60 Å². The van der Waals surface area contributed by atoms with Gasteiger partial charge in [0.25, 0.3) is 0 Å². The first-order valence-corrected chi connectivity index (χ1v) is 17.3. The normalized spacial score (nSPS) is 30.8. The maximum atomic E-state index is 12.6. The lowest BCUT2D eigenvalue weighted by Gasteiger charge is -2.40. The largest absolute Gasteiger partial charge is 0.466 e. The van der Waals surface area contributed by atoms with E-state index in [0.29, 0.717) is 30.6 Å². The van der Waals surface area contributed by atoms with Crippen LogP contribution < -0.4 is 21.3 Å². The number of hydrogen-bond acceptors (Lipinski definition) is 10. The van der Waals surface area contributed by atoms with Gasteiger partial charge in [0.1, 0.15) is 18.4 Å². The van der Waals surface area contributed by atoms with Crippen LogP contribution in [0, 0.1) is 23.7 Å². The second kappa shape index (κ2) is 17.2. The van der Waals surface area contributed by atoms with E-state index in [1.807, 2.05) is 27.7 Å². The molecule has 0 aromatic heterocycles. The van der Waals surface area contributed by atoms with Crippen molar-refractivity contribution in [2.45, 2.75) is 116 Å². The third-order valence-electron chi connectivity index (χ3n) is 9.85. The van der Waals surface area contributed by atoms with Gasteiger partial charge in [-0.3, -0.25) is 30.3 Å². The Balaban J connectivity index is 1.02. The van der Waals surface area contributed by atoms with Crippen LogP contribution in [0.4, 0.5) is 0 Å². The predicted octanol–water partition coefficient (Wildman–Crippen LogP) is 2.54. The van der Waals surface area contributed by atoms with Crippen molar-refractivity contribution in [2.75, 3.05) is 52.5 Å². The summed E-state index contributed by atoms with van der Waals surface area (Å²) < 4.78 is 16.7. The predicted molar refractivity (Wildman–Crippen MR) is 169 cm³/mol. The van der Waals surface area contributed by atoms with E-state index >= 15 is 0 Å². The van der Waals surface area contributed by atoms with Crippen LogP contribution in [0.15, 0.2) is 0 Å². The Morgan fingerprint density at radius 2 is 1.50 bits per heavy atom. The van der Waals surface area contributed by atoms with Gasteiger partial charge in [-0.1, -0.05) is 0 Å². The van der Waals surface area contributed by atoms with Crippen LogP contribution in [0.1, 0.15) is 91.9 Å². The zero-order valence-corrected chi connectivity index (χ0v) is 27.7. The van der Waals surface area contributed by atoms with Crippen LogP contribution >= 0.6 is 0 Å². The molecule has 2 aliphatic carbocycles. The molecule has 0 spiro atoms. The van der Waals surface area contributed by atoms with Crippen LogP contribution in [0.25, 0.3) is 0 Å². The van der Waals surface area contributed by atoms with Gasteiger partial charge in [0.2, 0.25) is 5.91 Å². The summed E-state index contributed by atoms with van der Waals surface area (Å²) in [6.07, 6.45) is 10.5. The summed E-state index contributed by atoms with van der Waals surface area (Å²) in [5.74, 6) is 0.787. The van der Waals surface area contributed by atoms with E-state index in [4.69, 9.17) is 14.2 Å². The SMILES string of the molecule is CCOC(=O)C1CCN(CCOC2CCC(NC3NCC(C4CCC(C(=O)NCC(=O)OC(C)(C)C)CC4)CN3)CC2)CC1. The van der Waals surface area contributed by atoms with Crippen molar-refractivity contribution in [3.05, 3.63) is 0 Å². The fourth-order valence-electron chi connectivity index (χ4n) is 7.30. The molecule has 0 aromatic carbocycles. The standard InChI is InChI=1S/C33H59N5O6/c1-5-42-31(41)25-14-16-38(17-15-25)18-19-43-28-12-10-27(11-13-28)37-32-35-20-26(21-36-32)23-6-8-24(9-7-23)30(40)34-22-29(39)44-33(2,3)4/h23-28,32,35-37H,5-22H2,1-4H3,(H,34,40). The third-order valence-corrected chi connectivity index (χ3v) is 9.85. The Kier molecular flexibility index (Phi) is 13.7. The van der Waals surface area contributed by atoms with Gasteiger partial charge in [-0.05, 0) is 117 Å². The van der Waals surface area contributed by atoms with Crippen LogP contribution in [-0.2, 0) is 28.6 Å². The summed E-state index contributed by atoms with van der Waals surface area (Å²) in [5.41, 5.74) is -0.542. The summed E-state index contributed by atoms with van der Waals surface area (Å²) in [6.45, 7) is 13.3. The van der Waals surface area contributed by atoms with Gasteiger partial charge >= 0.3 is 11.9 Å². The minimum absolute atomic E-state index is 0.0120. The number of piperidine rings is 1. The smallest absolute Gasteiger partial charge is 0.325 e. The lowest BCUT2D eigenvalue weighted by atomic mass is 9.75. The van der Waals surface area contributed by atoms with Gasteiger partial charge in [-0.2, -0.15) is 0 Å². The number of hydrogen-bond donors (Lipinski definition) is 4. The maximum Gasteiger partial charge on any atom is 0.325 e. The molecule has 2 saturated carbocycles. The monoisotopic (exact) mass is 621 g/mol. The number of ether oxygens (including phenoxy) is 3. The minimum Gasteiger partial charge on any atom is -0.466 e. The highest BCUT2D eigenvalue weighted by molar-refractivity contribution is 5.83. The highest BCUT2D eigenvalue weighted by atomic mass is 16.6. The molecule has 4 N–H and O–H groups in total. The van der Waals surface area contributed by atoms with E-state index in [1.54, 1.807) is 0 Å². The van der Waals surface area contributed by atoms with Crippen molar-refractivity contribution in [3.8, 4) is 0 Å². The molecule has 0 radical (unpaired) electrons. The molecule has 4 aliphatic rings. The summed E-state index contributed by atoms with van der Waals surface area (Å²) >= 11 is 0. The van der Waals surface area contributed by atoms with Crippen LogP contribution in [-0.4, -0.2) is 99.3 Å². The third kappa shape index (κ3) is 11.5. The molecule has 4 rings (SSSR count). The Labute approximate surface area is 264 Å². The number of nitrogens with one attached hydrogen (secondary N) is 4. The average Bonchev–Trinajstić information content (AvgIpc) is 3.01. The van der Waals surface area contributed by atoms with E-state index in [9.17, 15) is 14.4 Å². The fraction of sp³-hybridized carbons (Fsp3) is 0.909. The molecule has 4 fully saturated rings. The number of likely N-dealkylation sites (tertiary alicyclic amines) is 1. The van der Waals surface area contributed by atoms with Crippen LogP contribution in [0.2, 0.25) is 0 Å². The number of carbonyl (C=O) groups excluding carboxylic acids is 3. The quantitative estimate of drug-likeness (QED) is 0.241. The Bertz CT molecular complexity index is 897. The molecule has 0 unspecified atom stereocenters. The molecule has 252 valence electrons. The molecule has 2 saturated heterocycles. The van der Waals surface area contributed by atoms with E-state index in [2.05, 4.69) is 26.2 Å². The van der Waals surface area contributed by atoms with Crippen molar-refractivity contribution < 1.29 is 28.6 Å². The molecule has 2 heterocycles. The zero-order valence-electron chi connectivity index (χ0n) is 27.7. The topological polar surface area (TPSA) is 130 Å². The summed E-state index contributed by atoms with van der Waals surface area (Å²) in [7, 11) is 0. The van der Waals surface area contributed by atoms with Gasteiger partial charge in [0, 0.05) is 31.6 Å². The highest BCUT2D eigenvalue weighted by Gasteiger charge is 2.34. The van der Waals surface area contributed by atoms with Crippen molar-refractivity contribution in [2.24, 2.45) is 23.7 Å². The second-order valence-corrected chi connectivity index (χ2v) is 14.3. The van der Waals surface area contributed by atoms with Crippen molar-refractivity contribution in [1.29, 1.82) is 0 Å². The van der Waals surface area contributed by atoms with Crippen LogP contribution in [0.5, 0.6) is 0 Å². The average molecular weight is 622 g/mol.